The van der Waals surface area contributed by atoms with Gasteiger partial charge in [-0.3, -0.25) is 0 Å². The van der Waals surface area contributed by atoms with Gasteiger partial charge in [-0.2, -0.15) is 15.0 Å². The van der Waals surface area contributed by atoms with Crippen LogP contribution in [-0.4, -0.2) is 67.6 Å². The maximum atomic E-state index is 5.58. The third-order valence-corrected chi connectivity index (χ3v) is 5.48. The number of unbranched alkanes of at least 4 members (excludes halogenated alkanes) is 7. The summed E-state index contributed by atoms with van der Waals surface area (Å²) >= 11 is 0. The first-order chi connectivity index (χ1) is 15.3. The molecule has 1 aromatic heterocycles. The molecule has 0 aliphatic carbocycles. The molecule has 3 N–H and O–H groups in total. The fourth-order valence-electron chi connectivity index (χ4n) is 3.71. The number of nitrogens with two attached hydrogens (primary N) is 1. The van der Waals surface area contributed by atoms with Crippen LogP contribution in [0.3, 0.4) is 0 Å². The molecule has 1 saturated heterocycles. The normalized spacial score (nSPS) is 13.8. The molecule has 178 valence electrons. The summed E-state index contributed by atoms with van der Waals surface area (Å²) in [4.78, 5) is 16.4. The van der Waals surface area contributed by atoms with Crippen molar-refractivity contribution >= 4 is 11.9 Å². The van der Waals surface area contributed by atoms with Crippen LogP contribution in [0.15, 0.2) is 0 Å². The van der Waals surface area contributed by atoms with E-state index in [1.54, 1.807) is 0 Å². The molecular weight excluding hydrogens is 392 g/mol. The number of aromatic nitrogens is 3. The first kappa shape index (κ1) is 25.7. The van der Waals surface area contributed by atoms with Gasteiger partial charge in [0.25, 0.3) is 0 Å². The van der Waals surface area contributed by atoms with Gasteiger partial charge in [-0.25, -0.2) is 0 Å². The number of nitrogens with one attached hydrogen (secondary N) is 1. The van der Waals surface area contributed by atoms with E-state index in [0.29, 0.717) is 45.5 Å². The molecule has 1 fully saturated rings. The van der Waals surface area contributed by atoms with Crippen LogP contribution in [0, 0.1) is 0 Å². The Kier molecular flexibility index (Phi) is 14.2. The van der Waals surface area contributed by atoms with E-state index in [9.17, 15) is 0 Å². The van der Waals surface area contributed by atoms with Gasteiger partial charge in [0.1, 0.15) is 5.82 Å². The summed E-state index contributed by atoms with van der Waals surface area (Å²) in [7, 11) is 0. The van der Waals surface area contributed by atoms with Gasteiger partial charge in [-0.05, 0) is 19.3 Å². The predicted octanol–water partition coefficient (Wildman–Crippen LogP) is 3.56. The quantitative estimate of drug-likeness (QED) is 0.318. The fraction of sp³-hybridized carbons (Fsp3) is 0.870. The predicted molar refractivity (Wildman–Crippen MR) is 127 cm³/mol. The molecule has 0 aromatic carbocycles. The molecule has 1 aromatic rings. The van der Waals surface area contributed by atoms with Gasteiger partial charge >= 0.3 is 0 Å². The smallest absolute Gasteiger partial charge is 0.230 e. The molecule has 2 rings (SSSR count). The van der Waals surface area contributed by atoms with Crippen molar-refractivity contribution in [3.05, 3.63) is 5.82 Å². The van der Waals surface area contributed by atoms with Crippen LogP contribution in [0.5, 0.6) is 0 Å². The van der Waals surface area contributed by atoms with Gasteiger partial charge in [0, 0.05) is 32.6 Å². The Bertz CT molecular complexity index is 531. The summed E-state index contributed by atoms with van der Waals surface area (Å²) in [6, 6.07) is 0. The van der Waals surface area contributed by atoms with Crippen molar-refractivity contribution in [3.8, 4) is 0 Å². The minimum absolute atomic E-state index is 0.543. The highest BCUT2D eigenvalue weighted by atomic mass is 16.5. The lowest BCUT2D eigenvalue weighted by atomic mass is 10.1. The highest BCUT2D eigenvalue weighted by molar-refractivity contribution is 5.38. The zero-order valence-electron chi connectivity index (χ0n) is 19.6. The van der Waals surface area contributed by atoms with E-state index in [0.717, 1.165) is 37.7 Å². The van der Waals surface area contributed by atoms with Gasteiger partial charge < -0.3 is 25.4 Å². The molecule has 1 aliphatic heterocycles. The average Bonchev–Trinajstić information content (AvgIpc) is 3.32. The lowest BCUT2D eigenvalue weighted by molar-refractivity contribution is 0.0547. The largest absolute Gasteiger partial charge is 0.378 e. The number of hydrogen-bond acceptors (Lipinski definition) is 8. The van der Waals surface area contributed by atoms with E-state index in [1.807, 2.05) is 0 Å². The van der Waals surface area contributed by atoms with E-state index in [1.165, 1.54) is 57.8 Å². The second-order valence-electron chi connectivity index (χ2n) is 8.23. The van der Waals surface area contributed by atoms with E-state index < -0.39 is 0 Å². The van der Waals surface area contributed by atoms with Crippen molar-refractivity contribution in [1.29, 1.82) is 0 Å². The number of anilines is 2. The molecule has 8 nitrogen and oxygen atoms in total. The molecule has 0 saturated carbocycles. The Labute approximate surface area is 188 Å². The summed E-state index contributed by atoms with van der Waals surface area (Å²) in [5.74, 6) is 2.39. The van der Waals surface area contributed by atoms with E-state index in [2.05, 4.69) is 27.1 Å². The van der Waals surface area contributed by atoms with Crippen molar-refractivity contribution in [3.63, 3.8) is 0 Å². The maximum absolute atomic E-state index is 5.58. The van der Waals surface area contributed by atoms with Crippen molar-refractivity contribution in [2.45, 2.75) is 77.6 Å². The molecule has 0 amide bonds. The van der Waals surface area contributed by atoms with Crippen LogP contribution in [0.4, 0.5) is 11.9 Å². The van der Waals surface area contributed by atoms with Crippen LogP contribution < -0.4 is 16.0 Å². The number of nitrogens with zero attached hydrogens (tertiary/aromatic N) is 4. The summed E-state index contributed by atoms with van der Waals surface area (Å²) < 4.78 is 10.9. The van der Waals surface area contributed by atoms with Crippen LogP contribution >= 0.6 is 0 Å². The zero-order valence-corrected chi connectivity index (χ0v) is 19.6. The van der Waals surface area contributed by atoms with Gasteiger partial charge in [-0.1, -0.05) is 51.9 Å². The molecule has 31 heavy (non-hydrogen) atoms. The third-order valence-electron chi connectivity index (χ3n) is 5.48. The van der Waals surface area contributed by atoms with E-state index >= 15 is 0 Å². The van der Waals surface area contributed by atoms with Crippen LogP contribution in [-0.2, 0) is 15.9 Å². The van der Waals surface area contributed by atoms with Crippen LogP contribution in [0.25, 0.3) is 0 Å². The second kappa shape index (κ2) is 17.1. The fourth-order valence-corrected chi connectivity index (χ4v) is 3.71. The van der Waals surface area contributed by atoms with Crippen molar-refractivity contribution in [1.82, 2.24) is 15.0 Å². The highest BCUT2D eigenvalue weighted by Crippen LogP contribution is 2.18. The molecule has 0 radical (unpaired) electrons. The maximum Gasteiger partial charge on any atom is 0.230 e. The molecule has 1 aliphatic rings. The van der Waals surface area contributed by atoms with Crippen molar-refractivity contribution in [2.24, 2.45) is 5.73 Å². The third kappa shape index (κ3) is 11.6. The number of ether oxygens (including phenoxy) is 2. The minimum Gasteiger partial charge on any atom is -0.378 e. The van der Waals surface area contributed by atoms with Gasteiger partial charge in [0.15, 0.2) is 0 Å². The first-order valence-corrected chi connectivity index (χ1v) is 12.4. The highest BCUT2D eigenvalue weighted by Gasteiger charge is 2.17. The van der Waals surface area contributed by atoms with E-state index in [-0.39, 0.29) is 0 Å². The monoisotopic (exact) mass is 436 g/mol. The first-order valence-electron chi connectivity index (χ1n) is 12.4. The Hall–Kier alpha value is -1.51. The second-order valence-corrected chi connectivity index (χ2v) is 8.23. The number of rotatable bonds is 19. The van der Waals surface area contributed by atoms with Gasteiger partial charge in [0.05, 0.1) is 26.4 Å². The van der Waals surface area contributed by atoms with Gasteiger partial charge in [0.2, 0.25) is 11.9 Å². The summed E-state index contributed by atoms with van der Waals surface area (Å²) in [6.45, 7) is 7.85. The van der Waals surface area contributed by atoms with E-state index in [4.69, 9.17) is 20.2 Å². The standard InChI is InChI=1S/C23H44N6O2/c1-2-3-4-5-6-7-8-9-12-21-26-22(25-14-18-31-20-19-30-17-13-24)28-23(27-21)29-15-10-11-16-29/h2-20,24H2,1H3,(H,25,26,27,28). The summed E-state index contributed by atoms with van der Waals surface area (Å²) in [5, 5.41) is 3.31. The molecule has 0 atom stereocenters. The Balaban J connectivity index is 1.73. The number of aryl methyl sites for hydroxylation is 1. The summed E-state index contributed by atoms with van der Waals surface area (Å²) in [5.41, 5.74) is 5.39. The lowest BCUT2D eigenvalue weighted by Gasteiger charge is -2.17. The SMILES string of the molecule is CCCCCCCCCCc1nc(NCCOCCOCCN)nc(N2CCCC2)n1. The van der Waals surface area contributed by atoms with Gasteiger partial charge in [-0.15, -0.1) is 0 Å². The Morgan fingerprint density at radius 1 is 0.839 bits per heavy atom. The topological polar surface area (TPSA) is 98.4 Å². The molecule has 0 unspecified atom stereocenters. The molecule has 0 spiro atoms. The Morgan fingerprint density at radius 3 is 2.23 bits per heavy atom. The molecule has 8 heteroatoms. The Morgan fingerprint density at radius 2 is 1.52 bits per heavy atom. The zero-order chi connectivity index (χ0) is 22.0. The molecule has 2 heterocycles. The number of hydrogen-bond donors (Lipinski definition) is 2. The van der Waals surface area contributed by atoms with Crippen molar-refractivity contribution in [2.75, 3.05) is 62.8 Å². The molecule has 0 bridgehead atoms. The molecular formula is C23H44N6O2. The van der Waals surface area contributed by atoms with Crippen LogP contribution in [0.2, 0.25) is 0 Å². The lowest BCUT2D eigenvalue weighted by Crippen LogP contribution is -2.23. The average molecular weight is 437 g/mol. The minimum atomic E-state index is 0.543. The van der Waals surface area contributed by atoms with Crippen LogP contribution in [0.1, 0.15) is 77.0 Å². The summed E-state index contributed by atoms with van der Waals surface area (Å²) in [6.07, 6.45) is 13.8. The van der Waals surface area contributed by atoms with Crippen molar-refractivity contribution < 1.29 is 9.47 Å².